The molecule has 0 saturated carbocycles. The molecule has 1 fully saturated rings. The number of carbonyl (C=O) groups excluding carboxylic acids is 2. The minimum absolute atomic E-state index is 0.0137. The van der Waals surface area contributed by atoms with Gasteiger partial charge in [0.2, 0.25) is 0 Å². The molecule has 1 N–H and O–H groups in total. The fourth-order valence-electron chi connectivity index (χ4n) is 5.15. The van der Waals surface area contributed by atoms with Crippen LogP contribution in [0.15, 0.2) is 103 Å². The third-order valence-corrected chi connectivity index (χ3v) is 7.51. The van der Waals surface area contributed by atoms with Crippen LogP contribution in [0.4, 0.5) is 5.69 Å². The van der Waals surface area contributed by atoms with E-state index in [1.807, 2.05) is 91.0 Å². The molecule has 0 atom stereocenters. The summed E-state index contributed by atoms with van der Waals surface area (Å²) in [7, 11) is 1.71. The van der Waals surface area contributed by atoms with Crippen LogP contribution in [0.5, 0.6) is 11.5 Å². The number of ether oxygens (including phenoxy) is 2. The van der Waals surface area contributed by atoms with Crippen LogP contribution in [0.25, 0.3) is 0 Å². The summed E-state index contributed by atoms with van der Waals surface area (Å²) in [6, 6.07) is 32.1. The number of methoxy groups -OCH3 is 1. The van der Waals surface area contributed by atoms with Crippen molar-refractivity contribution in [1.29, 1.82) is 0 Å². The lowest BCUT2D eigenvalue weighted by molar-refractivity contribution is 0.0946. The topological polar surface area (TPSA) is 71.1 Å². The van der Waals surface area contributed by atoms with E-state index in [0.717, 1.165) is 56.1 Å². The number of nitrogens with one attached hydrogen (secondary N) is 1. The fraction of sp³-hybridized carbons (Fsp3) is 0.257. The summed E-state index contributed by atoms with van der Waals surface area (Å²) in [4.78, 5) is 30.4. The molecular formula is C35H37N3O4. The molecule has 216 valence electrons. The minimum Gasteiger partial charge on any atom is -0.495 e. The van der Waals surface area contributed by atoms with E-state index in [0.29, 0.717) is 35.6 Å². The minimum atomic E-state index is -0.143. The van der Waals surface area contributed by atoms with Gasteiger partial charge in [-0.25, -0.2) is 0 Å². The average molecular weight is 564 g/mol. The highest BCUT2D eigenvalue weighted by Gasteiger charge is 2.19. The number of rotatable bonds is 12. The van der Waals surface area contributed by atoms with Crippen molar-refractivity contribution >= 4 is 17.4 Å². The van der Waals surface area contributed by atoms with Gasteiger partial charge in [-0.05, 0) is 42.8 Å². The van der Waals surface area contributed by atoms with E-state index in [-0.39, 0.29) is 11.7 Å². The lowest BCUT2D eigenvalue weighted by Gasteiger charge is -2.36. The summed E-state index contributed by atoms with van der Waals surface area (Å²) in [6.45, 7) is 5.67. The van der Waals surface area contributed by atoms with Crippen molar-refractivity contribution in [2.45, 2.75) is 13.0 Å². The van der Waals surface area contributed by atoms with Gasteiger partial charge in [-0.3, -0.25) is 14.5 Å². The maximum atomic E-state index is 13.0. The number of nitrogens with zero attached hydrogens (tertiary/aromatic N) is 2. The Morgan fingerprint density at radius 2 is 1.38 bits per heavy atom. The largest absolute Gasteiger partial charge is 0.495 e. The van der Waals surface area contributed by atoms with E-state index in [1.54, 1.807) is 13.2 Å². The van der Waals surface area contributed by atoms with Crippen molar-refractivity contribution in [2.75, 3.05) is 51.3 Å². The standard InChI is InChI=1S/C35H37N3O4/c1-41-33-15-8-6-13-31(33)38-24-22-37(23-25-38)21-9-20-36-35(40)30-12-5-7-14-32(30)42-26-27-16-18-29(19-17-27)34(39)28-10-3-2-4-11-28/h2-8,10-19H,9,20-26H2,1H3,(H,36,40). The summed E-state index contributed by atoms with van der Waals surface area (Å²) < 4.78 is 11.5. The van der Waals surface area contributed by atoms with Crippen LogP contribution < -0.4 is 19.7 Å². The number of anilines is 1. The molecular weight excluding hydrogens is 526 g/mol. The molecule has 0 radical (unpaired) electrons. The van der Waals surface area contributed by atoms with Crippen LogP contribution in [0.1, 0.15) is 38.3 Å². The van der Waals surface area contributed by atoms with E-state index in [9.17, 15) is 9.59 Å². The molecule has 4 aromatic carbocycles. The highest BCUT2D eigenvalue weighted by Crippen LogP contribution is 2.28. The molecule has 1 amide bonds. The van der Waals surface area contributed by atoms with E-state index < -0.39 is 0 Å². The first-order chi connectivity index (χ1) is 20.6. The maximum absolute atomic E-state index is 13.0. The van der Waals surface area contributed by atoms with Crippen LogP contribution in [-0.2, 0) is 6.61 Å². The zero-order valence-electron chi connectivity index (χ0n) is 24.0. The Kier molecular flexibility index (Phi) is 9.86. The number of para-hydroxylation sites is 3. The Balaban J connectivity index is 1.06. The van der Waals surface area contributed by atoms with Gasteiger partial charge >= 0.3 is 0 Å². The number of hydrogen-bond donors (Lipinski definition) is 1. The summed E-state index contributed by atoms with van der Waals surface area (Å²) >= 11 is 0. The first kappa shape index (κ1) is 28.9. The number of piperazine rings is 1. The molecule has 1 aliphatic heterocycles. The van der Waals surface area contributed by atoms with Crippen molar-refractivity contribution < 1.29 is 19.1 Å². The van der Waals surface area contributed by atoms with Crippen LogP contribution in [0.3, 0.4) is 0 Å². The van der Waals surface area contributed by atoms with Gasteiger partial charge in [0.15, 0.2) is 5.78 Å². The molecule has 4 aromatic rings. The second-order valence-electron chi connectivity index (χ2n) is 10.3. The molecule has 0 aromatic heterocycles. The van der Waals surface area contributed by atoms with Crippen LogP contribution in [0.2, 0.25) is 0 Å². The number of hydrogen-bond acceptors (Lipinski definition) is 6. The van der Waals surface area contributed by atoms with Gasteiger partial charge in [-0.1, -0.05) is 78.9 Å². The molecule has 0 bridgehead atoms. The van der Waals surface area contributed by atoms with Gasteiger partial charge in [0.25, 0.3) is 5.91 Å². The van der Waals surface area contributed by atoms with Crippen LogP contribution in [-0.4, -0.2) is 63.0 Å². The molecule has 1 heterocycles. The van der Waals surface area contributed by atoms with E-state index >= 15 is 0 Å². The molecule has 0 aliphatic carbocycles. The van der Waals surface area contributed by atoms with Crippen molar-refractivity contribution in [2.24, 2.45) is 0 Å². The predicted octanol–water partition coefficient (Wildman–Crippen LogP) is 5.45. The number of ketones is 1. The van der Waals surface area contributed by atoms with Gasteiger partial charge in [-0.2, -0.15) is 0 Å². The third kappa shape index (κ3) is 7.36. The molecule has 5 rings (SSSR count). The predicted molar refractivity (Wildman–Crippen MR) is 166 cm³/mol. The zero-order valence-corrected chi connectivity index (χ0v) is 24.0. The molecule has 42 heavy (non-hydrogen) atoms. The Bertz CT molecular complexity index is 1470. The second-order valence-corrected chi connectivity index (χ2v) is 10.3. The van der Waals surface area contributed by atoms with Crippen molar-refractivity contribution in [3.05, 3.63) is 125 Å². The van der Waals surface area contributed by atoms with Crippen LogP contribution in [0, 0.1) is 0 Å². The Labute approximate surface area is 247 Å². The fourth-order valence-corrected chi connectivity index (χ4v) is 5.15. The van der Waals surface area contributed by atoms with Crippen molar-refractivity contribution in [1.82, 2.24) is 10.2 Å². The van der Waals surface area contributed by atoms with Crippen molar-refractivity contribution in [3.63, 3.8) is 0 Å². The molecule has 0 spiro atoms. The SMILES string of the molecule is COc1ccccc1N1CCN(CCCNC(=O)c2ccccc2OCc2ccc(C(=O)c3ccccc3)cc2)CC1. The third-order valence-electron chi connectivity index (χ3n) is 7.51. The average Bonchev–Trinajstić information content (AvgIpc) is 3.06. The highest BCUT2D eigenvalue weighted by atomic mass is 16.5. The van der Waals surface area contributed by atoms with E-state index in [2.05, 4.69) is 21.2 Å². The second kappa shape index (κ2) is 14.3. The maximum Gasteiger partial charge on any atom is 0.255 e. The van der Waals surface area contributed by atoms with Crippen LogP contribution >= 0.6 is 0 Å². The van der Waals surface area contributed by atoms with Crippen molar-refractivity contribution in [3.8, 4) is 11.5 Å². The first-order valence-electron chi connectivity index (χ1n) is 14.4. The summed E-state index contributed by atoms with van der Waals surface area (Å²) in [5, 5.41) is 3.05. The summed E-state index contributed by atoms with van der Waals surface area (Å²) in [5.41, 5.74) is 3.86. The Morgan fingerprint density at radius 3 is 2.12 bits per heavy atom. The number of carbonyl (C=O) groups is 2. The summed E-state index contributed by atoms with van der Waals surface area (Å²) in [5.74, 6) is 1.29. The summed E-state index contributed by atoms with van der Waals surface area (Å²) in [6.07, 6.45) is 0.872. The number of benzene rings is 4. The normalized spacial score (nSPS) is 13.4. The van der Waals surface area contributed by atoms with Gasteiger partial charge in [0, 0.05) is 43.9 Å². The zero-order chi connectivity index (χ0) is 29.1. The van der Waals surface area contributed by atoms with Gasteiger partial charge in [0.05, 0.1) is 18.4 Å². The monoisotopic (exact) mass is 563 g/mol. The molecule has 1 aliphatic rings. The lowest BCUT2D eigenvalue weighted by Crippen LogP contribution is -2.47. The van der Waals surface area contributed by atoms with E-state index in [1.165, 1.54) is 0 Å². The Hall–Kier alpha value is -4.62. The van der Waals surface area contributed by atoms with Gasteiger partial charge in [-0.15, -0.1) is 0 Å². The van der Waals surface area contributed by atoms with Gasteiger partial charge < -0.3 is 19.7 Å². The molecule has 1 saturated heterocycles. The van der Waals surface area contributed by atoms with E-state index in [4.69, 9.17) is 9.47 Å². The molecule has 7 heteroatoms. The number of amides is 1. The first-order valence-corrected chi connectivity index (χ1v) is 14.4. The smallest absolute Gasteiger partial charge is 0.255 e. The quantitative estimate of drug-likeness (QED) is 0.183. The molecule has 0 unspecified atom stereocenters. The molecule has 7 nitrogen and oxygen atoms in total. The lowest BCUT2D eigenvalue weighted by atomic mass is 10.0. The highest BCUT2D eigenvalue weighted by molar-refractivity contribution is 6.08. The van der Waals surface area contributed by atoms with Gasteiger partial charge in [0.1, 0.15) is 18.1 Å². The Morgan fingerprint density at radius 1 is 0.738 bits per heavy atom.